The highest BCUT2D eigenvalue weighted by atomic mass is 16.2. The number of aromatic nitrogens is 4. The van der Waals surface area contributed by atoms with Gasteiger partial charge in [0.15, 0.2) is 0 Å². The SMILES string of the molecule is O=C(Cc1ccncc1)N1C2CCC1CN(c1ncnc3[nH]ccc13)C2. The second kappa shape index (κ2) is 6.09. The zero-order valence-corrected chi connectivity index (χ0v) is 14.4. The molecule has 0 aliphatic carbocycles. The fraction of sp³-hybridized carbons (Fsp3) is 0.368. The normalized spacial score (nSPS) is 22.2. The van der Waals surface area contributed by atoms with Crippen LogP contribution in [0.25, 0.3) is 11.0 Å². The van der Waals surface area contributed by atoms with Crippen molar-refractivity contribution in [3.63, 3.8) is 0 Å². The molecule has 132 valence electrons. The Bertz CT molecular complexity index is 925. The molecule has 7 heteroatoms. The first-order valence-corrected chi connectivity index (χ1v) is 9.03. The van der Waals surface area contributed by atoms with Crippen LogP contribution in [0.1, 0.15) is 18.4 Å². The van der Waals surface area contributed by atoms with Crippen LogP contribution in [0.3, 0.4) is 0 Å². The average Bonchev–Trinajstić information content (AvgIpc) is 3.24. The Morgan fingerprint density at radius 1 is 1.12 bits per heavy atom. The number of pyridine rings is 1. The number of hydrogen-bond donors (Lipinski definition) is 1. The van der Waals surface area contributed by atoms with E-state index in [4.69, 9.17) is 0 Å². The molecule has 2 aliphatic rings. The zero-order valence-electron chi connectivity index (χ0n) is 14.4. The van der Waals surface area contributed by atoms with E-state index in [0.29, 0.717) is 6.42 Å². The van der Waals surface area contributed by atoms with Crippen LogP contribution in [0.4, 0.5) is 5.82 Å². The van der Waals surface area contributed by atoms with E-state index in [-0.39, 0.29) is 18.0 Å². The number of carbonyl (C=O) groups excluding carboxylic acids is 1. The topological polar surface area (TPSA) is 78.0 Å². The molecule has 0 saturated carbocycles. The Balaban J connectivity index is 1.36. The van der Waals surface area contributed by atoms with E-state index >= 15 is 0 Å². The number of nitrogens with one attached hydrogen (secondary N) is 1. The fourth-order valence-corrected chi connectivity index (χ4v) is 4.36. The van der Waals surface area contributed by atoms with Crippen LogP contribution in [-0.4, -0.2) is 55.9 Å². The Morgan fingerprint density at radius 2 is 1.88 bits per heavy atom. The number of fused-ring (bicyclic) bond motifs is 3. The summed E-state index contributed by atoms with van der Waals surface area (Å²) in [6, 6.07) is 6.37. The summed E-state index contributed by atoms with van der Waals surface area (Å²) in [6.45, 7) is 1.66. The molecule has 2 aliphatic heterocycles. The van der Waals surface area contributed by atoms with Crippen molar-refractivity contribution in [3.05, 3.63) is 48.7 Å². The number of carbonyl (C=O) groups is 1. The molecular formula is C19H20N6O. The Labute approximate surface area is 151 Å². The first-order chi connectivity index (χ1) is 12.8. The van der Waals surface area contributed by atoms with Gasteiger partial charge in [-0.25, -0.2) is 9.97 Å². The quantitative estimate of drug-likeness (QED) is 0.781. The maximum atomic E-state index is 12.9. The van der Waals surface area contributed by atoms with Crippen LogP contribution in [0.15, 0.2) is 43.1 Å². The molecule has 3 aromatic heterocycles. The summed E-state index contributed by atoms with van der Waals surface area (Å²) >= 11 is 0. The standard InChI is InChI=1S/C19H20N6O/c26-17(9-13-3-6-20-7-4-13)25-14-1-2-15(25)11-24(10-14)19-16-5-8-21-18(16)22-12-23-19/h3-8,12,14-15H,1-2,9-11H2,(H,21,22,23). The number of H-pyrrole nitrogens is 1. The number of piperazine rings is 1. The molecule has 3 aromatic rings. The zero-order chi connectivity index (χ0) is 17.5. The van der Waals surface area contributed by atoms with Crippen molar-refractivity contribution in [2.45, 2.75) is 31.3 Å². The predicted molar refractivity (Wildman–Crippen MR) is 97.7 cm³/mol. The van der Waals surface area contributed by atoms with Crippen LogP contribution in [0.5, 0.6) is 0 Å². The van der Waals surface area contributed by atoms with E-state index in [1.165, 1.54) is 0 Å². The third kappa shape index (κ3) is 2.51. The van der Waals surface area contributed by atoms with Gasteiger partial charge in [0.1, 0.15) is 17.8 Å². The second-order valence-corrected chi connectivity index (χ2v) is 7.06. The molecule has 2 unspecified atom stereocenters. The van der Waals surface area contributed by atoms with Crippen molar-refractivity contribution in [1.82, 2.24) is 24.8 Å². The summed E-state index contributed by atoms with van der Waals surface area (Å²) in [6.07, 6.45) is 9.56. The third-order valence-corrected chi connectivity index (χ3v) is 5.51. The van der Waals surface area contributed by atoms with Gasteiger partial charge in [0.05, 0.1) is 11.8 Å². The summed E-state index contributed by atoms with van der Waals surface area (Å²) in [4.78, 5) is 33.3. The molecule has 5 heterocycles. The molecule has 1 amide bonds. The lowest BCUT2D eigenvalue weighted by Crippen LogP contribution is -2.56. The minimum Gasteiger partial charge on any atom is -0.352 e. The lowest BCUT2D eigenvalue weighted by Gasteiger charge is -2.41. The summed E-state index contributed by atoms with van der Waals surface area (Å²) in [5, 5.41) is 1.04. The molecule has 2 fully saturated rings. The van der Waals surface area contributed by atoms with Gasteiger partial charge in [-0.3, -0.25) is 9.78 Å². The minimum absolute atomic E-state index is 0.220. The molecule has 0 radical (unpaired) electrons. The third-order valence-electron chi connectivity index (χ3n) is 5.51. The van der Waals surface area contributed by atoms with Gasteiger partial charge >= 0.3 is 0 Å². The second-order valence-electron chi connectivity index (χ2n) is 7.06. The van der Waals surface area contributed by atoms with Gasteiger partial charge < -0.3 is 14.8 Å². The maximum absolute atomic E-state index is 12.9. The van der Waals surface area contributed by atoms with Crippen LogP contribution in [0.2, 0.25) is 0 Å². The van der Waals surface area contributed by atoms with E-state index in [2.05, 4.69) is 29.7 Å². The van der Waals surface area contributed by atoms with Crippen LogP contribution in [-0.2, 0) is 11.2 Å². The summed E-state index contributed by atoms with van der Waals surface area (Å²) in [5.74, 6) is 1.19. The molecule has 2 bridgehead atoms. The molecule has 1 N–H and O–H groups in total. The number of aromatic amines is 1. The highest BCUT2D eigenvalue weighted by Gasteiger charge is 2.42. The fourth-order valence-electron chi connectivity index (χ4n) is 4.36. The largest absolute Gasteiger partial charge is 0.352 e. The van der Waals surface area contributed by atoms with Crippen molar-refractivity contribution in [2.24, 2.45) is 0 Å². The molecule has 0 aromatic carbocycles. The molecule has 0 spiro atoms. The van der Waals surface area contributed by atoms with Crippen molar-refractivity contribution < 1.29 is 4.79 Å². The molecular weight excluding hydrogens is 328 g/mol. The minimum atomic E-state index is 0.220. The van der Waals surface area contributed by atoms with E-state index in [1.54, 1.807) is 18.7 Å². The summed E-state index contributed by atoms with van der Waals surface area (Å²) < 4.78 is 0. The molecule has 26 heavy (non-hydrogen) atoms. The van der Waals surface area contributed by atoms with E-state index in [9.17, 15) is 4.79 Å². The van der Waals surface area contributed by atoms with Crippen molar-refractivity contribution in [3.8, 4) is 0 Å². The maximum Gasteiger partial charge on any atom is 0.227 e. The molecule has 7 nitrogen and oxygen atoms in total. The van der Waals surface area contributed by atoms with Crippen LogP contribution in [0, 0.1) is 0 Å². The number of hydrogen-bond acceptors (Lipinski definition) is 5. The molecule has 5 rings (SSSR count). The predicted octanol–water partition coefficient (Wildman–Crippen LogP) is 1.78. The number of amides is 1. The van der Waals surface area contributed by atoms with Gasteiger partial charge in [-0.2, -0.15) is 0 Å². The lowest BCUT2D eigenvalue weighted by atomic mass is 10.1. The van der Waals surface area contributed by atoms with Gasteiger partial charge in [-0.15, -0.1) is 0 Å². The van der Waals surface area contributed by atoms with E-state index in [0.717, 1.165) is 48.3 Å². The Kier molecular flexibility index (Phi) is 3.58. The van der Waals surface area contributed by atoms with Crippen molar-refractivity contribution in [2.75, 3.05) is 18.0 Å². The Morgan fingerprint density at radius 3 is 2.65 bits per heavy atom. The van der Waals surface area contributed by atoms with E-state index in [1.807, 2.05) is 24.4 Å². The number of rotatable bonds is 3. The summed E-state index contributed by atoms with van der Waals surface area (Å²) in [5.41, 5.74) is 1.88. The highest BCUT2D eigenvalue weighted by Crippen LogP contribution is 2.34. The van der Waals surface area contributed by atoms with Crippen molar-refractivity contribution in [1.29, 1.82) is 0 Å². The van der Waals surface area contributed by atoms with Gasteiger partial charge in [0, 0.05) is 43.8 Å². The van der Waals surface area contributed by atoms with Gasteiger partial charge in [-0.1, -0.05) is 0 Å². The van der Waals surface area contributed by atoms with Crippen molar-refractivity contribution >= 4 is 22.8 Å². The van der Waals surface area contributed by atoms with Crippen LogP contribution < -0.4 is 4.90 Å². The van der Waals surface area contributed by atoms with Crippen LogP contribution >= 0.6 is 0 Å². The highest BCUT2D eigenvalue weighted by molar-refractivity contribution is 5.87. The van der Waals surface area contributed by atoms with E-state index < -0.39 is 0 Å². The molecule has 2 saturated heterocycles. The first-order valence-electron chi connectivity index (χ1n) is 9.03. The average molecular weight is 348 g/mol. The van der Waals surface area contributed by atoms with Gasteiger partial charge in [0.25, 0.3) is 0 Å². The lowest BCUT2D eigenvalue weighted by molar-refractivity contribution is -0.133. The Hall–Kier alpha value is -2.96. The van der Waals surface area contributed by atoms with Gasteiger partial charge in [-0.05, 0) is 36.6 Å². The first kappa shape index (κ1) is 15.3. The summed E-state index contributed by atoms with van der Waals surface area (Å²) in [7, 11) is 0. The van der Waals surface area contributed by atoms with Gasteiger partial charge in [0.2, 0.25) is 5.91 Å². The monoisotopic (exact) mass is 348 g/mol. The smallest absolute Gasteiger partial charge is 0.227 e. The number of anilines is 1. The molecule has 2 atom stereocenters. The number of nitrogens with zero attached hydrogens (tertiary/aromatic N) is 5.